The van der Waals surface area contributed by atoms with Crippen molar-refractivity contribution in [2.75, 3.05) is 39.5 Å². The van der Waals surface area contributed by atoms with Gasteiger partial charge in [0.25, 0.3) is 0 Å². The van der Waals surface area contributed by atoms with Gasteiger partial charge in [-0.25, -0.2) is 4.98 Å². The number of benzene rings is 2. The van der Waals surface area contributed by atoms with E-state index in [4.69, 9.17) is 26.1 Å². The van der Waals surface area contributed by atoms with Crippen molar-refractivity contribution in [3.05, 3.63) is 104 Å². The summed E-state index contributed by atoms with van der Waals surface area (Å²) in [6, 6.07) is 13.4. The zero-order valence-electron chi connectivity index (χ0n) is 39.8. The van der Waals surface area contributed by atoms with Crippen LogP contribution in [0, 0.1) is 33.1 Å². The van der Waals surface area contributed by atoms with Gasteiger partial charge >= 0.3 is 0 Å². The number of Topliss-reactive ketones (excluding diaryl/α,β-unsaturated/α-hetero) is 1. The van der Waals surface area contributed by atoms with Crippen molar-refractivity contribution >= 4 is 63.5 Å². The van der Waals surface area contributed by atoms with Gasteiger partial charge in [-0.3, -0.25) is 28.7 Å². The molecule has 0 aliphatic carbocycles. The van der Waals surface area contributed by atoms with Crippen molar-refractivity contribution in [2.45, 2.75) is 111 Å². The number of aliphatic hydroxyl groups is 1. The number of nitrogens with one attached hydrogen (secondary N) is 2. The van der Waals surface area contributed by atoms with E-state index in [-0.39, 0.29) is 50.7 Å². The molecule has 2 aromatic carbocycles. The first-order valence-corrected chi connectivity index (χ1v) is 25.2. The number of carbonyl (C=O) groups excluding carboxylic acids is 4. The maximum atomic E-state index is 14.0. The molecule has 0 unspecified atom stereocenters. The average Bonchev–Trinajstić information content (AvgIpc) is 4.07. The molecule has 1 saturated heterocycles. The Bertz CT molecular complexity index is 2620. The van der Waals surface area contributed by atoms with Gasteiger partial charge in [-0.05, 0) is 81.2 Å². The number of likely N-dealkylation sites (tertiary alicyclic amines) is 1. The summed E-state index contributed by atoms with van der Waals surface area (Å²) in [7, 11) is 0. The predicted molar refractivity (Wildman–Crippen MR) is 265 cm³/mol. The van der Waals surface area contributed by atoms with Crippen LogP contribution in [0.3, 0.4) is 0 Å². The number of ether oxygens (including phenoxy) is 2. The molecule has 0 spiro atoms. The smallest absolute Gasteiger partial charge is 0.246 e. The number of aliphatic imine (C=N–C) groups is 1. The molecule has 18 heteroatoms. The van der Waals surface area contributed by atoms with Gasteiger partial charge in [0.15, 0.2) is 11.6 Å². The largest absolute Gasteiger partial charge is 0.391 e. The van der Waals surface area contributed by atoms with Crippen LogP contribution >= 0.6 is 34.3 Å². The molecule has 2 aliphatic rings. The Morgan fingerprint density at radius 2 is 1.63 bits per heavy atom. The zero-order valence-corrected chi connectivity index (χ0v) is 42.2. The molecule has 5 aromatic rings. The third-order valence-electron chi connectivity index (χ3n) is 12.3. The second-order valence-corrected chi connectivity index (χ2v) is 21.0. The van der Waals surface area contributed by atoms with Crippen molar-refractivity contribution in [2.24, 2.45) is 10.4 Å². The lowest BCUT2D eigenvalue weighted by molar-refractivity contribution is -0.144. The maximum absolute atomic E-state index is 14.0. The fourth-order valence-electron chi connectivity index (χ4n) is 8.53. The van der Waals surface area contributed by atoms with Crippen LogP contribution in [0.5, 0.6) is 0 Å². The number of hydrogen-bond acceptors (Lipinski definition) is 13. The topological polar surface area (TPSA) is 190 Å². The first kappa shape index (κ1) is 50.7. The Kier molecular flexibility index (Phi) is 16.8. The molecular formula is C50H61ClN8O7S2. The number of aryl methyl sites for hydroxylation is 4. The molecular weight excluding hydrogens is 924 g/mol. The third-order valence-corrected chi connectivity index (χ3v) is 14.7. The van der Waals surface area contributed by atoms with Crippen LogP contribution in [0.15, 0.2) is 59.0 Å². The Morgan fingerprint density at radius 3 is 2.34 bits per heavy atom. The highest BCUT2D eigenvalue weighted by Crippen LogP contribution is 2.40. The molecule has 3 aromatic heterocycles. The van der Waals surface area contributed by atoms with E-state index in [9.17, 15) is 24.3 Å². The second-order valence-electron chi connectivity index (χ2n) is 18.5. The zero-order chi connectivity index (χ0) is 48.7. The quantitative estimate of drug-likeness (QED) is 0.0671. The fourth-order valence-corrected chi connectivity index (χ4v) is 10.7. The molecule has 68 heavy (non-hydrogen) atoms. The van der Waals surface area contributed by atoms with Crippen LogP contribution in [-0.2, 0) is 35.1 Å². The number of β-amino-alcohol motifs (C(OH)–C–C–N with tert-alkyl or cyclic N) is 1. The van der Waals surface area contributed by atoms with Gasteiger partial charge < -0.3 is 30.1 Å². The molecule has 15 nitrogen and oxygen atoms in total. The Hall–Kier alpha value is -5.17. The van der Waals surface area contributed by atoms with Crippen LogP contribution in [-0.4, -0.2) is 117 Å². The van der Waals surface area contributed by atoms with Gasteiger partial charge in [0.1, 0.15) is 29.5 Å². The SMILES string of the molecule is Cc1ncsc1-c1ccc(CCC(=O)[C@@H]2C[C@@H](O)CN2C(=O)[C@@H](NC(=O)COCCCOCCCNC(=O)C[C@@H]2N=C(c3ccc(Cl)cc3)c3c(sc(C)c3C)-n3c(C)nnc32)C(C)(C)C)cc1. The number of hydrogen-bond donors (Lipinski definition) is 3. The number of halogens is 1. The van der Waals surface area contributed by atoms with Crippen molar-refractivity contribution in [1.82, 2.24) is 35.3 Å². The van der Waals surface area contributed by atoms with E-state index in [1.165, 1.54) is 9.78 Å². The van der Waals surface area contributed by atoms with Crippen molar-refractivity contribution in [3.8, 4) is 15.4 Å². The summed E-state index contributed by atoms with van der Waals surface area (Å²) >= 11 is 9.48. The molecule has 0 bridgehead atoms. The van der Waals surface area contributed by atoms with E-state index in [0.29, 0.717) is 49.9 Å². The molecule has 362 valence electrons. The molecule has 1 fully saturated rings. The Morgan fingerprint density at radius 1 is 0.926 bits per heavy atom. The van der Waals surface area contributed by atoms with E-state index >= 15 is 0 Å². The van der Waals surface area contributed by atoms with Crippen LogP contribution < -0.4 is 10.6 Å². The predicted octanol–water partition coefficient (Wildman–Crippen LogP) is 7.25. The third kappa shape index (κ3) is 12.2. The van der Waals surface area contributed by atoms with Gasteiger partial charge in [0.2, 0.25) is 17.7 Å². The minimum Gasteiger partial charge on any atom is -0.391 e. The van der Waals surface area contributed by atoms with Crippen molar-refractivity contribution in [1.29, 1.82) is 0 Å². The molecule has 7 rings (SSSR count). The number of rotatable bonds is 20. The molecule has 0 radical (unpaired) electrons. The monoisotopic (exact) mass is 984 g/mol. The fraction of sp³-hybridized carbons (Fsp3) is 0.480. The van der Waals surface area contributed by atoms with Gasteiger partial charge in [-0.2, -0.15) is 0 Å². The number of thiazole rings is 1. The number of aromatic nitrogens is 4. The summed E-state index contributed by atoms with van der Waals surface area (Å²) in [4.78, 5) is 67.2. The number of fused-ring (bicyclic) bond motifs is 3. The second kappa shape index (κ2) is 22.5. The minimum absolute atomic E-state index is 0.0204. The van der Waals surface area contributed by atoms with E-state index in [1.807, 2.05) is 93.2 Å². The Balaban J connectivity index is 0.814. The lowest BCUT2D eigenvalue weighted by atomic mass is 9.85. The highest BCUT2D eigenvalue weighted by Gasteiger charge is 2.44. The number of thiophene rings is 1. The molecule has 3 amide bonds. The van der Waals surface area contributed by atoms with E-state index < -0.39 is 41.5 Å². The highest BCUT2D eigenvalue weighted by molar-refractivity contribution is 7.15. The number of aliphatic hydroxyl groups excluding tert-OH is 1. The van der Waals surface area contributed by atoms with Crippen LogP contribution in [0.2, 0.25) is 5.02 Å². The summed E-state index contributed by atoms with van der Waals surface area (Å²) in [5.41, 5.74) is 8.01. The van der Waals surface area contributed by atoms with E-state index in [1.54, 1.807) is 22.7 Å². The summed E-state index contributed by atoms with van der Waals surface area (Å²) in [6.45, 7) is 14.9. The average molecular weight is 986 g/mol. The Labute approximate surface area is 410 Å². The van der Waals surface area contributed by atoms with Crippen molar-refractivity contribution < 1.29 is 33.8 Å². The van der Waals surface area contributed by atoms with Crippen LogP contribution in [0.4, 0.5) is 0 Å². The molecule has 2 aliphatic heterocycles. The maximum Gasteiger partial charge on any atom is 0.246 e. The molecule has 3 N–H and O–H groups in total. The number of amides is 3. The van der Waals surface area contributed by atoms with Gasteiger partial charge in [0, 0.05) is 66.8 Å². The summed E-state index contributed by atoms with van der Waals surface area (Å²) in [5.74, 6) is 0.195. The van der Waals surface area contributed by atoms with E-state index in [0.717, 1.165) is 54.9 Å². The van der Waals surface area contributed by atoms with Crippen LogP contribution in [0.1, 0.15) is 103 Å². The minimum atomic E-state index is -0.940. The number of nitrogens with zero attached hydrogens (tertiary/aromatic N) is 6. The van der Waals surface area contributed by atoms with Gasteiger partial charge in [0.05, 0.1) is 40.4 Å². The highest BCUT2D eigenvalue weighted by atomic mass is 35.5. The summed E-state index contributed by atoms with van der Waals surface area (Å²) in [6.07, 6.45) is 1.26. The van der Waals surface area contributed by atoms with Crippen LogP contribution in [0.25, 0.3) is 15.4 Å². The first-order valence-electron chi connectivity index (χ1n) is 23.1. The number of ketones is 1. The lowest BCUT2D eigenvalue weighted by Crippen LogP contribution is -2.57. The summed E-state index contributed by atoms with van der Waals surface area (Å²) in [5, 5.41) is 26.9. The normalized spacial score (nSPS) is 17.3. The standard InChI is InChI=1S/C50H61ClN8O7S2/c1-29-31(3)68-49-43(29)44(34-15-17-36(51)18-16-34)54-38(47-57-56-32(4)59(47)49)25-41(62)52-20-8-21-65-22-9-23-66-27-42(63)55-46(50(5,6)7)48(64)58-26-37(60)24-39(58)40(61)19-12-33-10-13-35(14-11-33)45-30(2)53-28-67-45/h10-11,13-18,28,37-39,46,60H,8-9,12,19-27H2,1-7H3,(H,52,62)(H,55,63)/t37-,38+,39+,46-/m1/s1. The first-order chi connectivity index (χ1) is 32.5. The molecule has 4 atom stereocenters. The van der Waals surface area contributed by atoms with Gasteiger partial charge in [-0.1, -0.05) is 68.8 Å². The van der Waals surface area contributed by atoms with Gasteiger partial charge in [-0.15, -0.1) is 32.9 Å². The van der Waals surface area contributed by atoms with E-state index in [2.05, 4.69) is 39.7 Å². The lowest BCUT2D eigenvalue weighted by Gasteiger charge is -2.35. The summed E-state index contributed by atoms with van der Waals surface area (Å²) < 4.78 is 13.4. The number of carbonyl (C=O) groups is 4. The molecule has 5 heterocycles. The molecule has 0 saturated carbocycles. The van der Waals surface area contributed by atoms with Crippen molar-refractivity contribution in [3.63, 3.8) is 0 Å².